The van der Waals surface area contributed by atoms with E-state index in [1.165, 1.54) is 11.4 Å². The lowest BCUT2D eigenvalue weighted by molar-refractivity contribution is -0.140. The van der Waals surface area contributed by atoms with Gasteiger partial charge in [0, 0.05) is 26.6 Å². The van der Waals surface area contributed by atoms with Crippen LogP contribution in [0, 0.1) is 5.92 Å². The third-order valence-corrected chi connectivity index (χ3v) is 4.98. The fraction of sp³-hybridized carbons (Fsp3) is 0.909. The average Bonchev–Trinajstić information content (AvgIpc) is 2.78. The molecule has 0 bridgehead atoms. The van der Waals surface area contributed by atoms with Crippen molar-refractivity contribution in [3.05, 3.63) is 0 Å². The van der Waals surface area contributed by atoms with Gasteiger partial charge in [-0.05, 0) is 18.8 Å². The predicted octanol–water partition coefficient (Wildman–Crippen LogP) is 0.238. The van der Waals surface area contributed by atoms with E-state index in [1.54, 1.807) is 7.11 Å². The maximum atomic E-state index is 12.0. The highest BCUT2D eigenvalue weighted by molar-refractivity contribution is 7.89. The Morgan fingerprint density at radius 1 is 1.39 bits per heavy atom. The zero-order valence-corrected chi connectivity index (χ0v) is 11.7. The summed E-state index contributed by atoms with van der Waals surface area (Å²) in [4.78, 5) is 10.9. The Morgan fingerprint density at radius 2 is 2.11 bits per heavy atom. The number of esters is 1. The van der Waals surface area contributed by atoms with Crippen LogP contribution >= 0.6 is 0 Å². The molecule has 1 fully saturated rings. The lowest BCUT2D eigenvalue weighted by atomic mass is 10.1. The summed E-state index contributed by atoms with van der Waals surface area (Å²) < 4.78 is 35.0. The third kappa shape index (κ3) is 4.55. The van der Waals surface area contributed by atoms with Crippen LogP contribution in [0.5, 0.6) is 0 Å². The van der Waals surface area contributed by atoms with Crippen molar-refractivity contribution in [1.82, 2.24) is 4.31 Å². The van der Waals surface area contributed by atoms with Crippen LogP contribution in [0.3, 0.4) is 0 Å². The molecule has 1 aliphatic rings. The van der Waals surface area contributed by atoms with E-state index >= 15 is 0 Å². The molecule has 1 rings (SSSR count). The highest BCUT2D eigenvalue weighted by Gasteiger charge is 2.30. The number of sulfonamides is 1. The molecule has 1 saturated heterocycles. The van der Waals surface area contributed by atoms with Gasteiger partial charge in [0.1, 0.15) is 0 Å². The van der Waals surface area contributed by atoms with E-state index < -0.39 is 10.0 Å². The molecule has 1 heterocycles. The summed E-state index contributed by atoms with van der Waals surface area (Å²) in [6.45, 7) is 1.66. The Labute approximate surface area is 108 Å². The third-order valence-electron chi connectivity index (χ3n) is 3.06. The van der Waals surface area contributed by atoms with Gasteiger partial charge in [-0.1, -0.05) is 0 Å². The molecular formula is C11H21NO5S. The number of carbonyl (C=O) groups is 1. The molecule has 1 aliphatic heterocycles. The monoisotopic (exact) mass is 279 g/mol. The minimum atomic E-state index is -3.25. The second-order valence-electron chi connectivity index (χ2n) is 4.46. The largest absolute Gasteiger partial charge is 0.469 e. The number of ether oxygens (including phenoxy) is 2. The predicted molar refractivity (Wildman–Crippen MR) is 66.6 cm³/mol. The van der Waals surface area contributed by atoms with Crippen molar-refractivity contribution in [3.8, 4) is 0 Å². The molecule has 7 heteroatoms. The zero-order chi connectivity index (χ0) is 13.6. The average molecular weight is 279 g/mol. The summed E-state index contributed by atoms with van der Waals surface area (Å²) in [5.74, 6) is -0.0869. The van der Waals surface area contributed by atoms with Gasteiger partial charge < -0.3 is 9.47 Å². The molecule has 18 heavy (non-hydrogen) atoms. The van der Waals surface area contributed by atoms with E-state index in [0.717, 1.165) is 6.42 Å². The first-order valence-electron chi connectivity index (χ1n) is 6.03. The smallest absolute Gasteiger partial charge is 0.305 e. The van der Waals surface area contributed by atoms with Gasteiger partial charge >= 0.3 is 5.97 Å². The standard InChI is InChI=1S/C11H21NO5S/c1-16-9-10-5-6-12(8-10)18(14,15)7-3-4-11(13)17-2/h10H,3-9H2,1-2H3. The van der Waals surface area contributed by atoms with Crippen molar-refractivity contribution in [2.75, 3.05) is 39.7 Å². The molecule has 1 atom stereocenters. The SMILES string of the molecule is COCC1CCN(S(=O)(=O)CCCC(=O)OC)C1. The highest BCUT2D eigenvalue weighted by Crippen LogP contribution is 2.20. The molecule has 0 radical (unpaired) electrons. The molecule has 0 aromatic rings. The Morgan fingerprint density at radius 3 is 2.72 bits per heavy atom. The van der Waals surface area contributed by atoms with Crippen molar-refractivity contribution in [3.63, 3.8) is 0 Å². The first-order chi connectivity index (χ1) is 8.49. The van der Waals surface area contributed by atoms with Crippen LogP contribution in [0.1, 0.15) is 19.3 Å². The Bertz CT molecular complexity index is 368. The van der Waals surface area contributed by atoms with Gasteiger partial charge in [-0.15, -0.1) is 0 Å². The van der Waals surface area contributed by atoms with Gasteiger partial charge in [-0.3, -0.25) is 4.79 Å². The summed E-state index contributed by atoms with van der Waals surface area (Å²) in [5.41, 5.74) is 0. The normalized spacial score (nSPS) is 21.1. The number of rotatable bonds is 7. The highest BCUT2D eigenvalue weighted by atomic mass is 32.2. The Kier molecular flexibility index (Phi) is 6.04. The minimum Gasteiger partial charge on any atom is -0.469 e. The molecule has 0 N–H and O–H groups in total. The molecular weight excluding hydrogens is 258 g/mol. The maximum absolute atomic E-state index is 12.0. The topological polar surface area (TPSA) is 72.9 Å². The lowest BCUT2D eigenvalue weighted by Gasteiger charge is -2.16. The van der Waals surface area contributed by atoms with E-state index in [-0.39, 0.29) is 24.1 Å². The lowest BCUT2D eigenvalue weighted by Crippen LogP contribution is -2.31. The van der Waals surface area contributed by atoms with Crippen LogP contribution in [0.4, 0.5) is 0 Å². The summed E-state index contributed by atoms with van der Waals surface area (Å²) in [6.07, 6.45) is 1.29. The molecule has 0 saturated carbocycles. The zero-order valence-electron chi connectivity index (χ0n) is 10.9. The number of hydrogen-bond donors (Lipinski definition) is 0. The van der Waals surface area contributed by atoms with Crippen LogP contribution in [0.15, 0.2) is 0 Å². The van der Waals surface area contributed by atoms with Crippen LogP contribution in [-0.2, 0) is 24.3 Å². The summed E-state index contributed by atoms with van der Waals surface area (Å²) in [5, 5.41) is 0. The summed E-state index contributed by atoms with van der Waals surface area (Å²) in [6, 6.07) is 0. The summed E-state index contributed by atoms with van der Waals surface area (Å²) in [7, 11) is -0.328. The quantitative estimate of drug-likeness (QED) is 0.624. The molecule has 0 aliphatic carbocycles. The minimum absolute atomic E-state index is 0.00179. The molecule has 6 nitrogen and oxygen atoms in total. The molecule has 0 spiro atoms. The maximum Gasteiger partial charge on any atom is 0.305 e. The van der Waals surface area contributed by atoms with Crippen molar-refractivity contribution >= 4 is 16.0 Å². The van der Waals surface area contributed by atoms with E-state index in [1.807, 2.05) is 0 Å². The fourth-order valence-electron chi connectivity index (χ4n) is 2.05. The second kappa shape index (κ2) is 7.06. The number of nitrogens with zero attached hydrogens (tertiary/aromatic N) is 1. The molecule has 0 amide bonds. The molecule has 106 valence electrons. The van der Waals surface area contributed by atoms with Gasteiger partial charge in [0.25, 0.3) is 0 Å². The van der Waals surface area contributed by atoms with Gasteiger partial charge in [0.05, 0.1) is 19.5 Å². The second-order valence-corrected chi connectivity index (χ2v) is 6.55. The van der Waals surface area contributed by atoms with E-state index in [2.05, 4.69) is 4.74 Å². The molecule has 1 unspecified atom stereocenters. The first-order valence-corrected chi connectivity index (χ1v) is 7.64. The first kappa shape index (κ1) is 15.4. The van der Waals surface area contributed by atoms with E-state index in [9.17, 15) is 13.2 Å². The fourth-order valence-corrected chi connectivity index (χ4v) is 3.64. The van der Waals surface area contributed by atoms with E-state index in [0.29, 0.717) is 26.1 Å². The Hall–Kier alpha value is -0.660. The van der Waals surface area contributed by atoms with Gasteiger partial charge in [-0.25, -0.2) is 12.7 Å². The molecule has 0 aromatic heterocycles. The van der Waals surface area contributed by atoms with Crippen LogP contribution in [-0.4, -0.2) is 58.4 Å². The molecule has 0 aromatic carbocycles. The number of carbonyl (C=O) groups excluding carboxylic acids is 1. The van der Waals surface area contributed by atoms with Crippen molar-refractivity contribution < 1.29 is 22.7 Å². The number of methoxy groups -OCH3 is 2. The van der Waals surface area contributed by atoms with Gasteiger partial charge in [0.15, 0.2) is 0 Å². The van der Waals surface area contributed by atoms with Crippen molar-refractivity contribution in [1.29, 1.82) is 0 Å². The van der Waals surface area contributed by atoms with Crippen molar-refractivity contribution in [2.24, 2.45) is 5.92 Å². The van der Waals surface area contributed by atoms with Gasteiger partial charge in [-0.2, -0.15) is 0 Å². The Balaban J connectivity index is 2.38. The van der Waals surface area contributed by atoms with Gasteiger partial charge in [0.2, 0.25) is 10.0 Å². The number of hydrogen-bond acceptors (Lipinski definition) is 5. The van der Waals surface area contributed by atoms with Crippen LogP contribution in [0.25, 0.3) is 0 Å². The summed E-state index contributed by atoms with van der Waals surface area (Å²) >= 11 is 0. The van der Waals surface area contributed by atoms with Crippen molar-refractivity contribution in [2.45, 2.75) is 19.3 Å². The van der Waals surface area contributed by atoms with Crippen LogP contribution in [0.2, 0.25) is 0 Å². The van der Waals surface area contributed by atoms with E-state index in [4.69, 9.17) is 4.74 Å². The van der Waals surface area contributed by atoms with Crippen LogP contribution < -0.4 is 0 Å².